The average Bonchev–Trinajstić information content (AvgIpc) is 2.92. The van der Waals surface area contributed by atoms with Gasteiger partial charge in [-0.25, -0.2) is 4.98 Å². The summed E-state index contributed by atoms with van der Waals surface area (Å²) in [6.45, 7) is 10.4. The molecule has 0 aromatic carbocycles. The van der Waals surface area contributed by atoms with Gasteiger partial charge in [0.15, 0.2) is 0 Å². The molecule has 3 unspecified atom stereocenters. The van der Waals surface area contributed by atoms with Crippen molar-refractivity contribution < 1.29 is 0 Å². The fourth-order valence-corrected chi connectivity index (χ4v) is 3.94. The van der Waals surface area contributed by atoms with E-state index in [-0.39, 0.29) is 0 Å². The van der Waals surface area contributed by atoms with Crippen LogP contribution in [0.2, 0.25) is 0 Å². The fraction of sp³-hybridized carbons (Fsp3) is 0.800. The number of hydrogen-bond donors (Lipinski definition) is 1. The normalized spacial score (nSPS) is 26.5. The minimum atomic E-state index is 0.523. The number of rotatable bonds is 6. The molecule has 1 aliphatic heterocycles. The molecule has 0 spiro atoms. The average molecular weight is 281 g/mol. The summed E-state index contributed by atoms with van der Waals surface area (Å²) in [7, 11) is 0. The van der Waals surface area contributed by atoms with Crippen LogP contribution in [-0.4, -0.2) is 35.6 Å². The van der Waals surface area contributed by atoms with Gasteiger partial charge in [-0.2, -0.15) is 0 Å². The maximum Gasteiger partial charge on any atom is 0.110 e. The Morgan fingerprint density at radius 3 is 2.95 bits per heavy atom. The lowest BCUT2D eigenvalue weighted by molar-refractivity contribution is 0.101. The van der Waals surface area contributed by atoms with E-state index in [0.29, 0.717) is 12.1 Å². The number of nitrogens with zero attached hydrogens (tertiary/aromatic N) is 2. The van der Waals surface area contributed by atoms with Gasteiger partial charge in [-0.15, -0.1) is 11.3 Å². The Labute approximate surface area is 121 Å². The number of likely N-dealkylation sites (tertiary alicyclic amines) is 1. The van der Waals surface area contributed by atoms with Gasteiger partial charge < -0.3 is 5.32 Å². The Hall–Kier alpha value is -0.450. The minimum Gasteiger partial charge on any atom is -0.314 e. The van der Waals surface area contributed by atoms with E-state index in [1.165, 1.54) is 30.9 Å². The first kappa shape index (κ1) is 14.9. The molecule has 0 bridgehead atoms. The summed E-state index contributed by atoms with van der Waals surface area (Å²) < 4.78 is 0. The van der Waals surface area contributed by atoms with Gasteiger partial charge in [0.05, 0.1) is 6.04 Å². The van der Waals surface area contributed by atoms with Gasteiger partial charge in [0.25, 0.3) is 0 Å². The Bertz CT molecular complexity index is 352. The van der Waals surface area contributed by atoms with Crippen molar-refractivity contribution in [3.63, 3.8) is 0 Å². The third kappa shape index (κ3) is 3.77. The summed E-state index contributed by atoms with van der Waals surface area (Å²) in [5.41, 5.74) is 0. The molecule has 0 aliphatic carbocycles. The van der Waals surface area contributed by atoms with Crippen molar-refractivity contribution in [3.05, 3.63) is 16.6 Å². The predicted octanol–water partition coefficient (Wildman–Crippen LogP) is 3.30. The highest BCUT2D eigenvalue weighted by atomic mass is 32.1. The molecule has 1 aromatic rings. The van der Waals surface area contributed by atoms with Crippen molar-refractivity contribution in [2.45, 2.75) is 52.1 Å². The van der Waals surface area contributed by atoms with E-state index < -0.39 is 0 Å². The SMILES string of the molecule is CCCNC1CCN(C(CC)c2nccs2)CC1C. The van der Waals surface area contributed by atoms with Crippen LogP contribution in [0.3, 0.4) is 0 Å². The van der Waals surface area contributed by atoms with Crippen LogP contribution in [0.4, 0.5) is 0 Å². The molecule has 1 saturated heterocycles. The highest BCUT2D eigenvalue weighted by Gasteiger charge is 2.30. The van der Waals surface area contributed by atoms with Gasteiger partial charge in [0.1, 0.15) is 5.01 Å². The van der Waals surface area contributed by atoms with E-state index in [4.69, 9.17) is 0 Å². The second-order valence-electron chi connectivity index (χ2n) is 5.62. The molecule has 3 atom stereocenters. The van der Waals surface area contributed by atoms with E-state index in [9.17, 15) is 0 Å². The first-order valence-corrected chi connectivity index (χ1v) is 8.51. The molecule has 2 heterocycles. The highest BCUT2D eigenvalue weighted by molar-refractivity contribution is 7.09. The van der Waals surface area contributed by atoms with Crippen LogP contribution in [0.15, 0.2) is 11.6 Å². The lowest BCUT2D eigenvalue weighted by Crippen LogP contribution is -2.49. The second kappa shape index (κ2) is 7.36. The summed E-state index contributed by atoms with van der Waals surface area (Å²) in [4.78, 5) is 7.15. The van der Waals surface area contributed by atoms with E-state index in [2.05, 4.69) is 41.4 Å². The standard InChI is InChI=1S/C15H27N3S/c1-4-7-16-13-6-9-18(11-12(13)3)14(5-2)15-17-8-10-19-15/h8,10,12-14,16H,4-7,9,11H2,1-3H3. The van der Waals surface area contributed by atoms with E-state index in [0.717, 1.165) is 18.9 Å². The van der Waals surface area contributed by atoms with E-state index in [1.807, 2.05) is 6.20 Å². The van der Waals surface area contributed by atoms with Gasteiger partial charge in [-0.3, -0.25) is 4.90 Å². The maximum atomic E-state index is 4.52. The van der Waals surface area contributed by atoms with Crippen LogP contribution in [0.25, 0.3) is 0 Å². The first-order valence-electron chi connectivity index (χ1n) is 7.63. The molecule has 19 heavy (non-hydrogen) atoms. The van der Waals surface area contributed by atoms with E-state index >= 15 is 0 Å². The van der Waals surface area contributed by atoms with Crippen LogP contribution in [0.5, 0.6) is 0 Å². The topological polar surface area (TPSA) is 28.2 Å². The lowest BCUT2D eigenvalue weighted by Gasteiger charge is -2.40. The molecule has 2 rings (SSSR count). The predicted molar refractivity (Wildman–Crippen MR) is 82.6 cm³/mol. The van der Waals surface area contributed by atoms with Crippen molar-refractivity contribution in [3.8, 4) is 0 Å². The van der Waals surface area contributed by atoms with Gasteiger partial charge in [-0.05, 0) is 31.7 Å². The Morgan fingerprint density at radius 2 is 2.37 bits per heavy atom. The molecule has 1 aliphatic rings. The van der Waals surface area contributed by atoms with Gasteiger partial charge in [-0.1, -0.05) is 20.8 Å². The van der Waals surface area contributed by atoms with Crippen LogP contribution >= 0.6 is 11.3 Å². The summed E-state index contributed by atoms with van der Waals surface area (Å²) in [5, 5.41) is 7.07. The van der Waals surface area contributed by atoms with Crippen molar-refractivity contribution in [1.82, 2.24) is 15.2 Å². The van der Waals surface area contributed by atoms with Gasteiger partial charge in [0, 0.05) is 30.7 Å². The molecule has 0 amide bonds. The number of hydrogen-bond acceptors (Lipinski definition) is 4. The van der Waals surface area contributed by atoms with Crippen molar-refractivity contribution in [2.24, 2.45) is 5.92 Å². The summed E-state index contributed by atoms with van der Waals surface area (Å²) in [6.07, 6.45) is 5.58. The molecular weight excluding hydrogens is 254 g/mol. The molecule has 4 heteroatoms. The summed E-state index contributed by atoms with van der Waals surface area (Å²) in [5.74, 6) is 0.731. The smallest absolute Gasteiger partial charge is 0.110 e. The quantitative estimate of drug-likeness (QED) is 0.867. The molecule has 3 nitrogen and oxygen atoms in total. The zero-order chi connectivity index (χ0) is 13.7. The van der Waals surface area contributed by atoms with Gasteiger partial charge in [0.2, 0.25) is 0 Å². The van der Waals surface area contributed by atoms with Crippen LogP contribution in [0.1, 0.15) is 51.1 Å². The van der Waals surface area contributed by atoms with Crippen LogP contribution in [-0.2, 0) is 0 Å². The number of piperidine rings is 1. The second-order valence-corrected chi connectivity index (χ2v) is 6.54. The summed E-state index contributed by atoms with van der Waals surface area (Å²) >= 11 is 1.80. The number of nitrogens with one attached hydrogen (secondary N) is 1. The largest absolute Gasteiger partial charge is 0.314 e. The Kier molecular flexibility index (Phi) is 5.79. The zero-order valence-electron chi connectivity index (χ0n) is 12.4. The van der Waals surface area contributed by atoms with Gasteiger partial charge >= 0.3 is 0 Å². The fourth-order valence-electron chi connectivity index (χ4n) is 3.08. The first-order chi connectivity index (χ1) is 9.26. The van der Waals surface area contributed by atoms with E-state index in [1.54, 1.807) is 11.3 Å². The van der Waals surface area contributed by atoms with Crippen molar-refractivity contribution >= 4 is 11.3 Å². The van der Waals surface area contributed by atoms with Crippen molar-refractivity contribution in [2.75, 3.05) is 19.6 Å². The monoisotopic (exact) mass is 281 g/mol. The van der Waals surface area contributed by atoms with Crippen molar-refractivity contribution in [1.29, 1.82) is 0 Å². The third-order valence-electron chi connectivity index (χ3n) is 4.16. The van der Waals surface area contributed by atoms with Crippen LogP contribution in [0, 0.1) is 5.92 Å². The van der Waals surface area contributed by atoms with Crippen LogP contribution < -0.4 is 5.32 Å². The lowest BCUT2D eigenvalue weighted by atomic mass is 9.92. The maximum absolute atomic E-state index is 4.52. The Morgan fingerprint density at radius 1 is 1.53 bits per heavy atom. The molecule has 1 N–H and O–H groups in total. The molecule has 108 valence electrons. The molecule has 1 fully saturated rings. The molecule has 1 aromatic heterocycles. The zero-order valence-corrected chi connectivity index (χ0v) is 13.2. The number of aromatic nitrogens is 1. The third-order valence-corrected chi connectivity index (χ3v) is 5.03. The molecular formula is C15H27N3S. The Balaban J connectivity index is 1.93. The molecule has 0 saturated carbocycles. The molecule has 0 radical (unpaired) electrons. The minimum absolute atomic E-state index is 0.523. The summed E-state index contributed by atoms with van der Waals surface area (Å²) in [6, 6.07) is 1.22. The number of thiazole rings is 1. The highest BCUT2D eigenvalue weighted by Crippen LogP contribution is 2.30.